The van der Waals surface area contributed by atoms with Crippen molar-refractivity contribution >= 4 is 48.1 Å². The van der Waals surface area contributed by atoms with E-state index in [1.165, 1.54) is 124 Å². The van der Waals surface area contributed by atoms with Crippen molar-refractivity contribution in [1.82, 2.24) is 0 Å². The van der Waals surface area contributed by atoms with Crippen LogP contribution >= 0.6 is 17.0 Å². The third-order valence-corrected chi connectivity index (χ3v) is 9.93. The van der Waals surface area contributed by atoms with Gasteiger partial charge in [-0.1, -0.05) is 152 Å². The Balaban J connectivity index is 0.000000219. The third kappa shape index (κ3) is 11.9. The van der Waals surface area contributed by atoms with Crippen LogP contribution < -0.4 is 0 Å². The molecule has 0 spiro atoms. The molecule has 0 N–H and O–H groups in total. The molecule has 49 heavy (non-hydrogen) atoms. The first-order chi connectivity index (χ1) is 23.7. The summed E-state index contributed by atoms with van der Waals surface area (Å²) in [6.07, 6.45) is 5.84. The van der Waals surface area contributed by atoms with Gasteiger partial charge in [-0.25, -0.2) is 0 Å². The van der Waals surface area contributed by atoms with Gasteiger partial charge in [-0.2, -0.15) is 12.1 Å². The Morgan fingerprint density at radius 1 is 0.571 bits per heavy atom. The van der Waals surface area contributed by atoms with Crippen molar-refractivity contribution in [2.24, 2.45) is 0 Å². The van der Waals surface area contributed by atoms with Gasteiger partial charge >= 0.3 is 37.9 Å². The van der Waals surface area contributed by atoms with Crippen LogP contribution in [-0.4, -0.2) is 9.52 Å². The Kier molecular flexibility index (Phi) is 18.4. The number of aryl methyl sites for hydroxylation is 6. The van der Waals surface area contributed by atoms with Gasteiger partial charge in [-0.05, 0) is 41.5 Å². The molecule has 6 aromatic rings. The van der Waals surface area contributed by atoms with E-state index in [-0.39, 0.29) is 0 Å². The summed E-state index contributed by atoms with van der Waals surface area (Å²) in [5.74, 6) is 0. The number of benzene rings is 4. The summed E-state index contributed by atoms with van der Waals surface area (Å²) < 4.78 is 0. The van der Waals surface area contributed by atoms with E-state index in [0.717, 1.165) is 6.42 Å². The minimum absolute atomic E-state index is 0.826. The molecule has 0 fully saturated rings. The van der Waals surface area contributed by atoms with Crippen LogP contribution in [0.4, 0.5) is 0 Å². The summed E-state index contributed by atoms with van der Waals surface area (Å²) >= 11 is -0.826. The SMILES string of the molecule is CCCc1ccc(-c2ccc(C)c3[cH-]c(C)cc23)cc1.CCCc1ccc(-c2ccc(C)c3[cH-]c(CC)cc23)cc1.CC[Si]CC.[Cl][Zr+2][Cl]. The van der Waals surface area contributed by atoms with Crippen LogP contribution in [0, 0.1) is 20.8 Å². The molecule has 6 rings (SSSR count). The molecule has 0 saturated heterocycles. The van der Waals surface area contributed by atoms with Crippen LogP contribution in [0.25, 0.3) is 43.8 Å². The first-order valence-corrected chi connectivity index (χ1v) is 25.7. The molecule has 0 saturated carbocycles. The van der Waals surface area contributed by atoms with Gasteiger partial charge in [0.05, 0.1) is 0 Å². The van der Waals surface area contributed by atoms with Gasteiger partial charge in [-0.15, -0.1) is 68.1 Å². The molecular weight excluding hydrogens is 731 g/mol. The molecule has 0 aliphatic rings. The molecule has 0 nitrogen and oxygen atoms in total. The van der Waals surface area contributed by atoms with E-state index < -0.39 is 20.8 Å². The van der Waals surface area contributed by atoms with Gasteiger partial charge in [0, 0.05) is 9.52 Å². The van der Waals surface area contributed by atoms with E-state index in [9.17, 15) is 0 Å². The van der Waals surface area contributed by atoms with Crippen LogP contribution in [0.15, 0.2) is 97.1 Å². The number of rotatable bonds is 9. The molecule has 256 valence electrons. The summed E-state index contributed by atoms with van der Waals surface area (Å²) in [4.78, 5) is 0. The van der Waals surface area contributed by atoms with Crippen LogP contribution in [-0.2, 0) is 40.1 Å². The van der Waals surface area contributed by atoms with Gasteiger partial charge in [0.2, 0.25) is 0 Å². The van der Waals surface area contributed by atoms with Crippen LogP contribution in [0.2, 0.25) is 12.1 Å². The average molecular weight is 785 g/mol. The molecule has 0 aliphatic carbocycles. The van der Waals surface area contributed by atoms with Crippen LogP contribution in [0.3, 0.4) is 0 Å². The zero-order valence-corrected chi connectivity index (χ0v) is 35.9. The van der Waals surface area contributed by atoms with Gasteiger partial charge in [0.15, 0.2) is 0 Å². The summed E-state index contributed by atoms with van der Waals surface area (Å²) in [7, 11) is 11.1. The molecule has 0 unspecified atom stereocenters. The van der Waals surface area contributed by atoms with Crippen LogP contribution in [0.5, 0.6) is 0 Å². The summed E-state index contributed by atoms with van der Waals surface area (Å²) in [6.45, 7) is 17.7. The molecule has 0 aromatic heterocycles. The molecule has 0 atom stereocenters. The van der Waals surface area contributed by atoms with Gasteiger partial charge in [-0.3, -0.25) is 0 Å². The second-order valence-electron chi connectivity index (χ2n) is 12.7. The maximum absolute atomic E-state index is 4.93. The predicted molar refractivity (Wildman–Crippen MR) is 220 cm³/mol. The molecule has 2 radical (unpaired) electrons. The fourth-order valence-corrected chi connectivity index (χ4v) is 6.83. The van der Waals surface area contributed by atoms with Crippen molar-refractivity contribution < 1.29 is 20.8 Å². The maximum atomic E-state index is 4.93. The summed E-state index contributed by atoms with van der Waals surface area (Å²) in [6, 6.07) is 39.2. The molecule has 0 bridgehead atoms. The van der Waals surface area contributed by atoms with E-state index in [4.69, 9.17) is 17.0 Å². The zero-order chi connectivity index (χ0) is 35.8. The van der Waals surface area contributed by atoms with Gasteiger partial charge in [0.25, 0.3) is 0 Å². The molecule has 0 heterocycles. The fraction of sp³-hybridized carbons (Fsp3) is 0.333. The van der Waals surface area contributed by atoms with Gasteiger partial charge in [0.1, 0.15) is 0 Å². The Morgan fingerprint density at radius 2 is 1.00 bits per heavy atom. The van der Waals surface area contributed by atoms with E-state index in [2.05, 4.69) is 152 Å². The van der Waals surface area contributed by atoms with Crippen LogP contribution in [0.1, 0.15) is 80.8 Å². The molecule has 0 aliphatic heterocycles. The first-order valence-electron chi connectivity index (χ1n) is 18.0. The van der Waals surface area contributed by atoms with Gasteiger partial charge < -0.3 is 0 Å². The van der Waals surface area contributed by atoms with E-state index >= 15 is 0 Å². The van der Waals surface area contributed by atoms with Crippen molar-refractivity contribution in [2.45, 2.75) is 99.6 Å². The molecule has 6 aromatic carbocycles. The molecule has 4 heteroatoms. The first kappa shape index (κ1) is 41.2. The Morgan fingerprint density at radius 3 is 1.39 bits per heavy atom. The summed E-state index contributed by atoms with van der Waals surface area (Å²) in [5, 5.41) is 5.57. The number of halogens is 2. The van der Waals surface area contributed by atoms with E-state index in [1.54, 1.807) is 0 Å². The third-order valence-electron chi connectivity index (χ3n) is 8.93. The number of hydrogen-bond acceptors (Lipinski definition) is 0. The zero-order valence-electron chi connectivity index (χ0n) is 30.9. The van der Waals surface area contributed by atoms with E-state index in [0.29, 0.717) is 0 Å². The van der Waals surface area contributed by atoms with Crippen molar-refractivity contribution in [1.29, 1.82) is 0 Å². The minimum atomic E-state index is -0.826. The second-order valence-corrected chi connectivity index (χ2v) is 18.3. The monoisotopic (exact) mass is 782 g/mol. The number of fused-ring (bicyclic) bond motifs is 2. The quantitative estimate of drug-likeness (QED) is 0.101. The molecule has 0 amide bonds. The van der Waals surface area contributed by atoms with Crippen molar-refractivity contribution in [3.63, 3.8) is 0 Å². The Hall–Kier alpha value is -2.22. The standard InChI is InChI=1S/C21H23.C20H21.C4H10Si.2ClH.Zr/c1-4-6-17-8-10-18(11-9-17)19-12-7-15(3)20-13-16(5-2)14-21(19)20;1-4-5-16-7-9-17(10-8-16)18-11-6-15(3)19-12-14(2)13-20(18)19;1-3-5-4-2;;;/h7-14H,4-6H2,1-3H3;6-13H,4-5H2,1-3H3;3-4H2,1-2H3;2*1H;/q2*-1;;;;+4/p-2. The normalized spacial score (nSPS) is 10.4. The fourth-order valence-electron chi connectivity index (χ4n) is 6.33. The Bertz CT molecular complexity index is 1830. The Labute approximate surface area is 318 Å². The van der Waals surface area contributed by atoms with Crippen molar-refractivity contribution in [2.75, 3.05) is 0 Å². The summed E-state index contributed by atoms with van der Waals surface area (Å²) in [5.41, 5.74) is 13.7. The van der Waals surface area contributed by atoms with E-state index in [1.807, 2.05) is 0 Å². The molecular formula is C45H54Cl2SiZr. The topological polar surface area (TPSA) is 0 Å². The predicted octanol–water partition coefficient (Wildman–Crippen LogP) is 14.8. The van der Waals surface area contributed by atoms with Crippen molar-refractivity contribution in [3.05, 3.63) is 130 Å². The average Bonchev–Trinajstić information content (AvgIpc) is 3.73. The number of hydrogen-bond donors (Lipinski definition) is 0. The second kappa shape index (κ2) is 21.9. The van der Waals surface area contributed by atoms with Crippen molar-refractivity contribution in [3.8, 4) is 22.3 Å².